The third kappa shape index (κ3) is 4.48. The van der Waals surface area contributed by atoms with Crippen LogP contribution in [0.4, 0.5) is 0 Å². The van der Waals surface area contributed by atoms with Crippen molar-refractivity contribution in [2.24, 2.45) is 5.73 Å². The second kappa shape index (κ2) is 7.45. The maximum absolute atomic E-state index is 12.2. The smallest absolute Gasteiger partial charge is 0.179 e. The molecule has 1 saturated heterocycles. The number of rotatable bonds is 7. The average Bonchev–Trinajstić information content (AvgIpc) is 2.97. The van der Waals surface area contributed by atoms with Crippen LogP contribution in [0.25, 0.3) is 0 Å². The molecule has 1 heterocycles. The van der Waals surface area contributed by atoms with Crippen LogP contribution in [0.2, 0.25) is 0 Å². The van der Waals surface area contributed by atoms with E-state index < -0.39 is 9.84 Å². The van der Waals surface area contributed by atoms with E-state index in [0.717, 1.165) is 30.8 Å². The molecule has 0 spiro atoms. The van der Waals surface area contributed by atoms with Crippen LogP contribution in [0, 0.1) is 0 Å². The number of sulfone groups is 1. The molecule has 1 aliphatic heterocycles. The first-order valence-electron chi connectivity index (χ1n) is 6.83. The summed E-state index contributed by atoms with van der Waals surface area (Å²) in [5, 5.41) is 0. The maximum atomic E-state index is 12.2. The molecule has 1 aliphatic rings. The summed E-state index contributed by atoms with van der Waals surface area (Å²) in [6.07, 6.45) is 2.52. The Morgan fingerprint density at radius 3 is 2.95 bits per heavy atom. The molecule has 2 rings (SSSR count). The second-order valence-corrected chi connectivity index (χ2v) is 8.14. The van der Waals surface area contributed by atoms with Gasteiger partial charge in [-0.3, -0.25) is 0 Å². The molecular weight excluding hydrogens is 294 g/mol. The highest BCUT2D eigenvalue weighted by Crippen LogP contribution is 2.19. The van der Waals surface area contributed by atoms with Crippen LogP contribution in [0.1, 0.15) is 18.4 Å². The van der Waals surface area contributed by atoms with Crippen molar-refractivity contribution in [1.29, 1.82) is 0 Å². The molecule has 1 atom stereocenters. The lowest BCUT2D eigenvalue weighted by molar-refractivity contribution is 0.129. The Hall–Kier alpha value is -0.560. The van der Waals surface area contributed by atoms with Gasteiger partial charge in [0, 0.05) is 24.7 Å². The van der Waals surface area contributed by atoms with Gasteiger partial charge in [0.2, 0.25) is 0 Å². The molecule has 20 heavy (non-hydrogen) atoms. The Morgan fingerprint density at radius 1 is 1.40 bits per heavy atom. The average molecular weight is 315 g/mol. The Balaban J connectivity index is 1.83. The molecule has 6 heteroatoms. The minimum Gasteiger partial charge on any atom is -0.377 e. The van der Waals surface area contributed by atoms with Gasteiger partial charge < -0.3 is 10.5 Å². The van der Waals surface area contributed by atoms with Crippen molar-refractivity contribution >= 4 is 21.6 Å². The van der Waals surface area contributed by atoms with Gasteiger partial charge in [-0.05, 0) is 30.5 Å². The molecule has 1 unspecified atom stereocenters. The SMILES string of the molecule is NCc1cccc(S(=O)(=O)CCSCC2CCCO2)c1. The van der Waals surface area contributed by atoms with Crippen molar-refractivity contribution in [2.45, 2.75) is 30.4 Å². The third-order valence-electron chi connectivity index (χ3n) is 3.32. The first-order chi connectivity index (χ1) is 9.62. The number of thioether (sulfide) groups is 1. The second-order valence-electron chi connectivity index (χ2n) is 4.88. The Bertz CT molecular complexity index is 525. The number of hydrogen-bond acceptors (Lipinski definition) is 5. The van der Waals surface area contributed by atoms with Crippen LogP contribution in [0.5, 0.6) is 0 Å². The van der Waals surface area contributed by atoms with Gasteiger partial charge >= 0.3 is 0 Å². The molecule has 112 valence electrons. The largest absolute Gasteiger partial charge is 0.377 e. The molecule has 0 amide bonds. The number of ether oxygens (including phenoxy) is 1. The number of hydrogen-bond donors (Lipinski definition) is 1. The molecule has 2 N–H and O–H groups in total. The van der Waals surface area contributed by atoms with Crippen LogP contribution >= 0.6 is 11.8 Å². The van der Waals surface area contributed by atoms with Gasteiger partial charge in [-0.1, -0.05) is 12.1 Å². The zero-order valence-corrected chi connectivity index (χ0v) is 13.1. The number of benzene rings is 1. The van der Waals surface area contributed by atoms with Gasteiger partial charge in [-0.2, -0.15) is 11.8 Å². The minimum absolute atomic E-state index is 0.165. The van der Waals surface area contributed by atoms with E-state index in [2.05, 4.69) is 0 Å². The molecular formula is C14H21NO3S2. The van der Waals surface area contributed by atoms with Gasteiger partial charge in [-0.15, -0.1) is 0 Å². The number of nitrogens with two attached hydrogens (primary N) is 1. The first kappa shape index (κ1) is 15.8. The highest BCUT2D eigenvalue weighted by molar-refractivity contribution is 8.00. The molecule has 0 bridgehead atoms. The predicted molar refractivity (Wildman–Crippen MR) is 82.7 cm³/mol. The zero-order chi connectivity index (χ0) is 14.4. The van der Waals surface area contributed by atoms with Crippen molar-refractivity contribution in [3.63, 3.8) is 0 Å². The topological polar surface area (TPSA) is 69.4 Å². The summed E-state index contributed by atoms with van der Waals surface area (Å²) in [7, 11) is -3.21. The quantitative estimate of drug-likeness (QED) is 0.777. The van der Waals surface area contributed by atoms with E-state index in [9.17, 15) is 8.42 Å². The van der Waals surface area contributed by atoms with E-state index in [0.29, 0.717) is 23.3 Å². The zero-order valence-electron chi connectivity index (χ0n) is 11.5. The Kier molecular flexibility index (Phi) is 5.89. The fourth-order valence-electron chi connectivity index (χ4n) is 2.14. The molecule has 1 aromatic carbocycles. The fourth-order valence-corrected chi connectivity index (χ4v) is 5.04. The van der Waals surface area contributed by atoms with E-state index in [4.69, 9.17) is 10.5 Å². The van der Waals surface area contributed by atoms with Gasteiger partial charge in [0.15, 0.2) is 9.84 Å². The lowest BCUT2D eigenvalue weighted by atomic mass is 10.2. The molecule has 1 aromatic rings. The van der Waals surface area contributed by atoms with Crippen molar-refractivity contribution in [3.05, 3.63) is 29.8 Å². The minimum atomic E-state index is -3.21. The molecule has 1 fully saturated rings. The Morgan fingerprint density at radius 2 is 2.25 bits per heavy atom. The van der Waals surface area contributed by atoms with E-state index in [1.165, 1.54) is 0 Å². The summed E-state index contributed by atoms with van der Waals surface area (Å²) in [6.45, 7) is 1.20. The monoisotopic (exact) mass is 315 g/mol. The molecule has 4 nitrogen and oxygen atoms in total. The van der Waals surface area contributed by atoms with Gasteiger partial charge in [0.1, 0.15) is 0 Å². The lowest BCUT2D eigenvalue weighted by Crippen LogP contribution is -2.13. The van der Waals surface area contributed by atoms with Crippen molar-refractivity contribution in [1.82, 2.24) is 0 Å². The van der Waals surface area contributed by atoms with Crippen molar-refractivity contribution in [3.8, 4) is 0 Å². The summed E-state index contributed by atoms with van der Waals surface area (Å²) in [5.74, 6) is 1.66. The van der Waals surface area contributed by atoms with Gasteiger partial charge in [-0.25, -0.2) is 8.42 Å². The molecule has 0 radical (unpaired) electrons. The van der Waals surface area contributed by atoms with Crippen LogP contribution < -0.4 is 5.73 Å². The maximum Gasteiger partial charge on any atom is 0.179 e. The molecule has 0 aliphatic carbocycles. The van der Waals surface area contributed by atoms with Crippen LogP contribution in [-0.2, 0) is 21.1 Å². The normalized spacial score (nSPS) is 19.4. The van der Waals surface area contributed by atoms with Crippen molar-refractivity contribution < 1.29 is 13.2 Å². The summed E-state index contributed by atoms with van der Waals surface area (Å²) in [5.41, 5.74) is 6.39. The van der Waals surface area contributed by atoms with E-state index >= 15 is 0 Å². The summed E-state index contributed by atoms with van der Waals surface area (Å²) in [4.78, 5) is 0.373. The fraction of sp³-hybridized carbons (Fsp3) is 0.571. The third-order valence-corrected chi connectivity index (χ3v) is 6.39. The predicted octanol–water partition coefficient (Wildman–Crippen LogP) is 1.83. The van der Waals surface area contributed by atoms with E-state index in [1.807, 2.05) is 6.07 Å². The lowest BCUT2D eigenvalue weighted by Gasteiger charge is -2.09. The standard InChI is InChI=1S/C14H21NO3S2/c15-10-12-3-1-5-14(9-12)20(16,17)8-7-19-11-13-4-2-6-18-13/h1,3,5,9,13H,2,4,6-8,10-11,15H2. The van der Waals surface area contributed by atoms with Crippen LogP contribution in [0.3, 0.4) is 0 Å². The Labute approximate surface area is 125 Å². The van der Waals surface area contributed by atoms with Crippen LogP contribution in [0.15, 0.2) is 29.2 Å². The molecule has 0 saturated carbocycles. The molecule has 0 aromatic heterocycles. The van der Waals surface area contributed by atoms with Crippen LogP contribution in [-0.4, -0.2) is 38.4 Å². The summed E-state index contributed by atoms with van der Waals surface area (Å²) < 4.78 is 29.9. The first-order valence-corrected chi connectivity index (χ1v) is 9.63. The van der Waals surface area contributed by atoms with E-state index in [-0.39, 0.29) is 5.75 Å². The highest BCUT2D eigenvalue weighted by Gasteiger charge is 2.17. The van der Waals surface area contributed by atoms with Crippen molar-refractivity contribution in [2.75, 3.05) is 23.9 Å². The van der Waals surface area contributed by atoms with Gasteiger partial charge in [0.05, 0.1) is 16.8 Å². The highest BCUT2D eigenvalue weighted by atomic mass is 32.2. The van der Waals surface area contributed by atoms with Gasteiger partial charge in [0.25, 0.3) is 0 Å². The summed E-state index contributed by atoms with van der Waals surface area (Å²) >= 11 is 1.65. The van der Waals surface area contributed by atoms with E-state index in [1.54, 1.807) is 30.0 Å². The summed E-state index contributed by atoms with van der Waals surface area (Å²) in [6, 6.07) is 6.89.